The largest absolute Gasteiger partial charge is 0.486 e. The first kappa shape index (κ1) is 21.4. The van der Waals surface area contributed by atoms with Crippen LogP contribution in [0.15, 0.2) is 48.5 Å². The highest BCUT2D eigenvalue weighted by atomic mass is 16.5. The van der Waals surface area contributed by atoms with E-state index < -0.39 is 0 Å². The van der Waals surface area contributed by atoms with E-state index in [-0.39, 0.29) is 0 Å². The Morgan fingerprint density at radius 2 is 1.42 bits per heavy atom. The van der Waals surface area contributed by atoms with Crippen molar-refractivity contribution in [2.45, 2.75) is 59.0 Å². The van der Waals surface area contributed by atoms with Crippen LogP contribution in [0.3, 0.4) is 0 Å². The molecule has 2 aliphatic rings. The lowest BCUT2D eigenvalue weighted by Crippen LogP contribution is -2.06. The monoisotopic (exact) mass is 474 g/mol. The van der Waals surface area contributed by atoms with Gasteiger partial charge >= 0.3 is 0 Å². The molecule has 3 aromatic carbocycles. The molecule has 7 rings (SSSR count). The van der Waals surface area contributed by atoms with E-state index in [1.807, 2.05) is 0 Å². The van der Waals surface area contributed by atoms with Crippen LogP contribution in [0.1, 0.15) is 68.0 Å². The number of H-pyrrole nitrogens is 2. The van der Waals surface area contributed by atoms with E-state index in [4.69, 9.17) is 14.7 Å². The van der Waals surface area contributed by atoms with Gasteiger partial charge in [-0.15, -0.1) is 0 Å². The second-order valence-electron chi connectivity index (χ2n) is 10.7. The minimum atomic E-state index is 0.347. The van der Waals surface area contributed by atoms with Gasteiger partial charge in [-0.1, -0.05) is 58.0 Å². The summed E-state index contributed by atoms with van der Waals surface area (Å²) in [6.07, 6.45) is 2.02. The molecule has 0 bridgehead atoms. The molecule has 0 saturated carbocycles. The van der Waals surface area contributed by atoms with Gasteiger partial charge in [-0.3, -0.25) is 0 Å². The fourth-order valence-corrected chi connectivity index (χ4v) is 5.59. The highest BCUT2D eigenvalue weighted by molar-refractivity contribution is 5.93. The number of aromatic amines is 2. The first-order chi connectivity index (χ1) is 17.5. The molecule has 5 heteroatoms. The third kappa shape index (κ3) is 3.22. The van der Waals surface area contributed by atoms with Crippen LogP contribution < -0.4 is 4.74 Å². The lowest BCUT2D eigenvalue weighted by atomic mass is 9.88. The predicted molar refractivity (Wildman–Crippen MR) is 144 cm³/mol. The smallest absolute Gasteiger partial charge is 0.155 e. The van der Waals surface area contributed by atoms with Crippen molar-refractivity contribution in [3.05, 3.63) is 77.0 Å². The van der Waals surface area contributed by atoms with Crippen molar-refractivity contribution in [3.8, 4) is 39.3 Å². The second kappa shape index (κ2) is 7.82. The number of hydrogen-bond donors (Lipinski definition) is 2. The van der Waals surface area contributed by atoms with E-state index in [0.29, 0.717) is 18.4 Å². The summed E-state index contributed by atoms with van der Waals surface area (Å²) in [5, 5.41) is 0. The molecule has 5 nitrogen and oxygen atoms in total. The van der Waals surface area contributed by atoms with Crippen LogP contribution >= 0.6 is 0 Å². The maximum atomic E-state index is 6.30. The number of imidazole rings is 2. The summed E-state index contributed by atoms with van der Waals surface area (Å²) in [5.74, 6) is 3.72. The Morgan fingerprint density at radius 3 is 2.19 bits per heavy atom. The van der Waals surface area contributed by atoms with Gasteiger partial charge in [0, 0.05) is 23.0 Å². The number of nitrogens with one attached hydrogen (secondary N) is 2. The average Bonchev–Trinajstić information content (AvgIpc) is 3.53. The highest BCUT2D eigenvalue weighted by Gasteiger charge is 2.24. The Balaban J connectivity index is 1.26. The van der Waals surface area contributed by atoms with Crippen LogP contribution in [0.25, 0.3) is 44.5 Å². The number of rotatable bonds is 3. The number of aryl methyl sites for hydroxylation is 2. The fraction of sp³-hybridized carbons (Fsp3) is 0.290. The summed E-state index contributed by atoms with van der Waals surface area (Å²) in [6, 6.07) is 17.9. The Kier molecular flexibility index (Phi) is 4.65. The summed E-state index contributed by atoms with van der Waals surface area (Å²) in [6.45, 7) is 9.23. The first-order valence-corrected chi connectivity index (χ1v) is 13.0. The quantitative estimate of drug-likeness (QED) is 0.284. The molecule has 0 amide bonds. The highest BCUT2D eigenvalue weighted by Crippen LogP contribution is 2.43. The fourth-order valence-electron chi connectivity index (χ4n) is 5.59. The molecule has 180 valence electrons. The molecule has 0 atom stereocenters. The molecule has 0 spiro atoms. The predicted octanol–water partition coefficient (Wildman–Crippen LogP) is 7.52. The van der Waals surface area contributed by atoms with E-state index >= 15 is 0 Å². The van der Waals surface area contributed by atoms with Gasteiger partial charge < -0.3 is 14.7 Å². The van der Waals surface area contributed by atoms with Gasteiger partial charge in [0.25, 0.3) is 0 Å². The molecule has 0 fully saturated rings. The van der Waals surface area contributed by atoms with Gasteiger partial charge in [0.05, 0.1) is 16.9 Å². The molecular formula is C31H30N4O. The zero-order chi connectivity index (χ0) is 24.6. The molecule has 0 saturated heterocycles. The van der Waals surface area contributed by atoms with Crippen molar-refractivity contribution in [1.29, 1.82) is 0 Å². The molecule has 1 aliphatic heterocycles. The van der Waals surface area contributed by atoms with Crippen LogP contribution in [0.4, 0.5) is 0 Å². The van der Waals surface area contributed by atoms with Crippen molar-refractivity contribution < 1.29 is 4.74 Å². The standard InChI is InChI=1S/C31H30N4O/c1-16(2)30-32-25-11-7-20-13-18(6-9-23(20)27(25)34-30)19-5-8-22-21(14-19)15-36-29-24(22)10-12-26-28(29)35-31(33-26)17(3)4/h5-6,8-10,12-14,16-17H,7,11,15H2,1-4H3,(H,32,34)(H,33,35). The Bertz CT molecular complexity index is 1650. The van der Waals surface area contributed by atoms with Gasteiger partial charge in [0.2, 0.25) is 0 Å². The van der Waals surface area contributed by atoms with Crippen molar-refractivity contribution in [1.82, 2.24) is 19.9 Å². The van der Waals surface area contributed by atoms with Crippen molar-refractivity contribution >= 4 is 11.0 Å². The SMILES string of the molecule is CC(C)c1nc2c([nH]1)-c1ccc(-c3ccc4c(c3)COc3c-4ccc4[nH]c(C(C)C)nc34)cc1CC2. The van der Waals surface area contributed by atoms with Gasteiger partial charge in [-0.25, -0.2) is 9.97 Å². The summed E-state index contributed by atoms with van der Waals surface area (Å²) >= 11 is 0. The third-order valence-electron chi connectivity index (χ3n) is 7.62. The van der Waals surface area contributed by atoms with Crippen molar-refractivity contribution in [2.24, 2.45) is 0 Å². The molecule has 0 unspecified atom stereocenters. The van der Waals surface area contributed by atoms with Crippen LogP contribution in [0.2, 0.25) is 0 Å². The number of nitrogens with zero attached hydrogens (tertiary/aromatic N) is 2. The maximum absolute atomic E-state index is 6.30. The lowest BCUT2D eigenvalue weighted by molar-refractivity contribution is 0.305. The van der Waals surface area contributed by atoms with Gasteiger partial charge in [0.1, 0.15) is 23.8 Å². The summed E-state index contributed by atoms with van der Waals surface area (Å²) in [7, 11) is 0. The minimum absolute atomic E-state index is 0.347. The molecule has 1 aliphatic carbocycles. The summed E-state index contributed by atoms with van der Waals surface area (Å²) in [5.41, 5.74) is 13.1. The van der Waals surface area contributed by atoms with E-state index in [1.54, 1.807) is 0 Å². The van der Waals surface area contributed by atoms with Crippen LogP contribution in [0, 0.1) is 0 Å². The minimum Gasteiger partial charge on any atom is -0.486 e. The Morgan fingerprint density at radius 1 is 0.722 bits per heavy atom. The molecular weight excluding hydrogens is 444 g/mol. The van der Waals surface area contributed by atoms with Crippen LogP contribution in [-0.4, -0.2) is 19.9 Å². The third-order valence-corrected chi connectivity index (χ3v) is 7.62. The summed E-state index contributed by atoms with van der Waals surface area (Å²) in [4.78, 5) is 16.7. The van der Waals surface area contributed by atoms with E-state index in [0.717, 1.165) is 46.8 Å². The number of fused-ring (bicyclic) bond motifs is 8. The number of benzene rings is 3. The Labute approximate surface area is 211 Å². The summed E-state index contributed by atoms with van der Waals surface area (Å²) < 4.78 is 6.30. The molecule has 36 heavy (non-hydrogen) atoms. The molecule has 3 heterocycles. The molecule has 2 aromatic heterocycles. The van der Waals surface area contributed by atoms with Crippen LogP contribution in [0.5, 0.6) is 5.75 Å². The zero-order valence-electron chi connectivity index (χ0n) is 21.2. The second-order valence-corrected chi connectivity index (χ2v) is 10.7. The molecule has 2 N–H and O–H groups in total. The zero-order valence-corrected chi connectivity index (χ0v) is 21.2. The Hall–Kier alpha value is -3.86. The number of hydrogen-bond acceptors (Lipinski definition) is 3. The van der Waals surface area contributed by atoms with E-state index in [9.17, 15) is 0 Å². The number of aromatic nitrogens is 4. The van der Waals surface area contributed by atoms with E-state index in [2.05, 4.69) is 86.2 Å². The van der Waals surface area contributed by atoms with Gasteiger partial charge in [0.15, 0.2) is 5.75 Å². The number of ether oxygens (including phenoxy) is 1. The van der Waals surface area contributed by atoms with Crippen molar-refractivity contribution in [3.63, 3.8) is 0 Å². The van der Waals surface area contributed by atoms with Crippen LogP contribution in [-0.2, 0) is 19.4 Å². The van der Waals surface area contributed by atoms with Crippen molar-refractivity contribution in [2.75, 3.05) is 0 Å². The topological polar surface area (TPSA) is 66.6 Å². The first-order valence-electron chi connectivity index (χ1n) is 13.0. The normalized spacial score (nSPS) is 13.9. The van der Waals surface area contributed by atoms with Gasteiger partial charge in [-0.2, -0.15) is 0 Å². The van der Waals surface area contributed by atoms with E-state index in [1.165, 1.54) is 44.8 Å². The molecule has 0 radical (unpaired) electrons. The lowest BCUT2D eigenvalue weighted by Gasteiger charge is -2.22. The molecule has 5 aromatic rings. The average molecular weight is 475 g/mol. The van der Waals surface area contributed by atoms with Gasteiger partial charge in [-0.05, 0) is 58.9 Å². The maximum Gasteiger partial charge on any atom is 0.155 e.